The van der Waals surface area contributed by atoms with Crippen LogP contribution in [0.15, 0.2) is 24.3 Å². The van der Waals surface area contributed by atoms with Crippen LogP contribution in [0.1, 0.15) is 33.3 Å². The van der Waals surface area contributed by atoms with E-state index in [1.165, 1.54) is 33.3 Å². The summed E-state index contributed by atoms with van der Waals surface area (Å²) in [6, 6.07) is 4.46. The van der Waals surface area contributed by atoms with Gasteiger partial charge in [0.2, 0.25) is 0 Å². The number of nitrogens with one attached hydrogen (secondary N) is 2. The zero-order chi connectivity index (χ0) is 20.6. The number of carbonyl (C=O) groups excluding carboxylic acids is 3. The van der Waals surface area contributed by atoms with Crippen LogP contribution in [-0.2, 0) is 14.3 Å². The molecular weight excluding hydrogens is 352 g/mol. The fourth-order valence-electron chi connectivity index (χ4n) is 1.94. The number of urea groups is 1. The van der Waals surface area contributed by atoms with Crippen LogP contribution in [-0.4, -0.2) is 43.8 Å². The zero-order valence-corrected chi connectivity index (χ0v) is 16.4. The van der Waals surface area contributed by atoms with Crippen molar-refractivity contribution in [2.24, 2.45) is 0 Å². The molecule has 148 valence electrons. The average molecular weight is 378 g/mol. The van der Waals surface area contributed by atoms with Crippen molar-refractivity contribution in [3.8, 4) is 11.5 Å². The summed E-state index contributed by atoms with van der Waals surface area (Å²) in [5.74, 6) is -0.308. The Bertz CT molecular complexity index is 699. The number of amides is 3. The fraction of sp³-hybridized carbons (Fsp3) is 0.421. The van der Waals surface area contributed by atoms with Crippen molar-refractivity contribution in [3.63, 3.8) is 0 Å². The first kappa shape index (κ1) is 22.0. The van der Waals surface area contributed by atoms with Gasteiger partial charge in [0.15, 0.2) is 6.10 Å². The molecule has 0 saturated heterocycles. The van der Waals surface area contributed by atoms with E-state index in [0.717, 1.165) is 0 Å². The molecule has 8 heteroatoms. The van der Waals surface area contributed by atoms with Gasteiger partial charge in [-0.1, -0.05) is 0 Å². The standard InChI is InChI=1S/C19H26N2O6/c1-12(17(23)20-18(24)21-19(2,3)4)27-16(22)8-7-13-9-14(25-5)11-15(10-13)26-6/h7-12H,1-6H3,(H2,20,21,23,24)/b8-7+/t12-/m0/s1. The highest BCUT2D eigenvalue weighted by molar-refractivity contribution is 5.98. The Balaban J connectivity index is 2.64. The minimum atomic E-state index is -1.13. The first-order chi connectivity index (χ1) is 12.5. The molecule has 0 aliphatic rings. The van der Waals surface area contributed by atoms with Gasteiger partial charge in [0.05, 0.1) is 14.2 Å². The van der Waals surface area contributed by atoms with Gasteiger partial charge in [0.25, 0.3) is 5.91 Å². The lowest BCUT2D eigenvalue weighted by Crippen LogP contribution is -2.50. The molecule has 0 aromatic heterocycles. The normalized spacial score (nSPS) is 12.2. The molecule has 8 nitrogen and oxygen atoms in total. The number of hydrogen-bond donors (Lipinski definition) is 2. The number of ether oxygens (including phenoxy) is 3. The Morgan fingerprint density at radius 1 is 1.04 bits per heavy atom. The van der Waals surface area contributed by atoms with Gasteiger partial charge in [-0.25, -0.2) is 9.59 Å². The molecule has 0 unspecified atom stereocenters. The van der Waals surface area contributed by atoms with Crippen molar-refractivity contribution < 1.29 is 28.6 Å². The minimum Gasteiger partial charge on any atom is -0.497 e. The first-order valence-corrected chi connectivity index (χ1v) is 8.29. The van der Waals surface area contributed by atoms with Crippen molar-refractivity contribution in [2.75, 3.05) is 14.2 Å². The number of methoxy groups -OCH3 is 2. The van der Waals surface area contributed by atoms with Gasteiger partial charge >= 0.3 is 12.0 Å². The number of esters is 1. The van der Waals surface area contributed by atoms with Gasteiger partial charge in [-0.2, -0.15) is 0 Å². The molecule has 0 bridgehead atoms. The Labute approximate surface area is 158 Å². The molecule has 3 amide bonds. The predicted molar refractivity (Wildman–Crippen MR) is 101 cm³/mol. The second kappa shape index (κ2) is 9.61. The molecule has 1 aromatic carbocycles. The van der Waals surface area contributed by atoms with Crippen molar-refractivity contribution in [3.05, 3.63) is 29.8 Å². The third-order valence-electron chi connectivity index (χ3n) is 3.17. The lowest BCUT2D eigenvalue weighted by molar-refractivity contribution is -0.149. The molecule has 0 aliphatic heterocycles. The van der Waals surface area contributed by atoms with Gasteiger partial charge < -0.3 is 19.5 Å². The number of hydrogen-bond acceptors (Lipinski definition) is 6. The summed E-state index contributed by atoms with van der Waals surface area (Å²) in [5, 5.41) is 4.70. The maximum Gasteiger partial charge on any atom is 0.331 e. The van der Waals surface area contributed by atoms with Crippen molar-refractivity contribution in [1.29, 1.82) is 0 Å². The molecule has 0 heterocycles. The highest BCUT2D eigenvalue weighted by Gasteiger charge is 2.21. The molecule has 1 aromatic rings. The zero-order valence-electron chi connectivity index (χ0n) is 16.4. The lowest BCUT2D eigenvalue weighted by Gasteiger charge is -2.21. The Morgan fingerprint density at radius 3 is 2.07 bits per heavy atom. The number of rotatable bonds is 6. The largest absolute Gasteiger partial charge is 0.497 e. The van der Waals surface area contributed by atoms with E-state index in [1.54, 1.807) is 39.0 Å². The summed E-state index contributed by atoms with van der Waals surface area (Å²) in [6.45, 7) is 6.71. The molecular formula is C19H26N2O6. The summed E-state index contributed by atoms with van der Waals surface area (Å²) < 4.78 is 15.3. The fourth-order valence-corrected chi connectivity index (χ4v) is 1.94. The first-order valence-electron chi connectivity index (χ1n) is 8.29. The minimum absolute atomic E-state index is 0.495. The molecule has 0 spiro atoms. The van der Waals surface area contributed by atoms with E-state index in [4.69, 9.17) is 14.2 Å². The highest BCUT2D eigenvalue weighted by Crippen LogP contribution is 2.23. The summed E-state index contributed by atoms with van der Waals surface area (Å²) in [4.78, 5) is 35.5. The van der Waals surface area contributed by atoms with Crippen LogP contribution in [0.3, 0.4) is 0 Å². The van der Waals surface area contributed by atoms with E-state index >= 15 is 0 Å². The molecule has 1 atom stereocenters. The molecule has 2 N–H and O–H groups in total. The topological polar surface area (TPSA) is 103 Å². The molecule has 0 radical (unpaired) electrons. The smallest absolute Gasteiger partial charge is 0.331 e. The van der Waals surface area contributed by atoms with Gasteiger partial charge in [0.1, 0.15) is 11.5 Å². The number of carbonyl (C=O) groups is 3. The third-order valence-corrected chi connectivity index (χ3v) is 3.17. The van der Waals surface area contributed by atoms with E-state index in [2.05, 4.69) is 10.6 Å². The molecule has 0 aliphatic carbocycles. The molecule has 0 fully saturated rings. The van der Waals surface area contributed by atoms with Gasteiger partial charge in [-0.15, -0.1) is 0 Å². The monoisotopic (exact) mass is 378 g/mol. The summed E-state index contributed by atoms with van der Waals surface area (Å²) >= 11 is 0. The van der Waals surface area contributed by atoms with Crippen molar-refractivity contribution >= 4 is 24.0 Å². The van der Waals surface area contributed by atoms with E-state index in [1.807, 2.05) is 0 Å². The van der Waals surface area contributed by atoms with Crippen molar-refractivity contribution in [1.82, 2.24) is 10.6 Å². The second-order valence-electron chi connectivity index (χ2n) is 6.75. The van der Waals surface area contributed by atoms with Crippen LogP contribution >= 0.6 is 0 Å². The maximum atomic E-state index is 11.9. The Hall–Kier alpha value is -3.03. The van der Waals surface area contributed by atoms with E-state index < -0.39 is 29.6 Å². The van der Waals surface area contributed by atoms with Gasteiger partial charge in [-0.3, -0.25) is 10.1 Å². The van der Waals surface area contributed by atoms with E-state index in [-0.39, 0.29) is 0 Å². The van der Waals surface area contributed by atoms with Crippen LogP contribution in [0.5, 0.6) is 11.5 Å². The van der Waals surface area contributed by atoms with Crippen LogP contribution in [0.2, 0.25) is 0 Å². The SMILES string of the molecule is COc1cc(/C=C/C(=O)O[C@@H](C)C(=O)NC(=O)NC(C)(C)C)cc(OC)c1. The van der Waals surface area contributed by atoms with Crippen LogP contribution in [0.4, 0.5) is 4.79 Å². The highest BCUT2D eigenvalue weighted by atomic mass is 16.5. The summed E-state index contributed by atoms with van der Waals surface area (Å²) in [7, 11) is 3.04. The van der Waals surface area contributed by atoms with Crippen molar-refractivity contribution in [2.45, 2.75) is 39.3 Å². The molecule has 27 heavy (non-hydrogen) atoms. The van der Waals surface area contributed by atoms with E-state index in [0.29, 0.717) is 17.1 Å². The van der Waals surface area contributed by atoms with Crippen LogP contribution < -0.4 is 20.1 Å². The number of imide groups is 1. The lowest BCUT2D eigenvalue weighted by atomic mass is 10.1. The predicted octanol–water partition coefficient (Wildman–Crippen LogP) is 2.27. The quantitative estimate of drug-likeness (QED) is 0.581. The third kappa shape index (κ3) is 8.26. The molecule has 1 rings (SSSR count). The average Bonchev–Trinajstić information content (AvgIpc) is 2.57. The summed E-state index contributed by atoms with van der Waals surface area (Å²) in [5.41, 5.74) is 0.162. The second-order valence-corrected chi connectivity index (χ2v) is 6.75. The van der Waals surface area contributed by atoms with Crippen LogP contribution in [0.25, 0.3) is 6.08 Å². The number of benzene rings is 1. The Kier molecular flexibility index (Phi) is 7.83. The van der Waals surface area contributed by atoms with E-state index in [9.17, 15) is 14.4 Å². The Morgan fingerprint density at radius 2 is 1.59 bits per heavy atom. The maximum absolute atomic E-state index is 11.9. The van der Waals surface area contributed by atoms with Crippen LogP contribution in [0, 0.1) is 0 Å². The van der Waals surface area contributed by atoms with Gasteiger partial charge in [-0.05, 0) is 51.5 Å². The molecule has 0 saturated carbocycles. The summed E-state index contributed by atoms with van der Waals surface area (Å²) in [6.07, 6.45) is 1.55. The van der Waals surface area contributed by atoms with Gasteiger partial charge in [0, 0.05) is 17.7 Å².